The molecule has 3 N–H and O–H groups in total. The third-order valence-corrected chi connectivity index (χ3v) is 5.24. The highest BCUT2D eigenvalue weighted by molar-refractivity contribution is 7.15. The summed E-state index contributed by atoms with van der Waals surface area (Å²) < 4.78 is 9.65. The first-order valence-electron chi connectivity index (χ1n) is 6.73. The summed E-state index contributed by atoms with van der Waals surface area (Å²) >= 11 is 3.03. The van der Waals surface area contributed by atoms with Gasteiger partial charge in [-0.15, -0.1) is 11.3 Å². The molecule has 1 fully saturated rings. The van der Waals surface area contributed by atoms with Crippen LogP contribution in [0, 0.1) is 12.8 Å². The summed E-state index contributed by atoms with van der Waals surface area (Å²) in [6, 6.07) is 0. The molecule has 7 heteroatoms. The molecule has 1 aliphatic heterocycles. The summed E-state index contributed by atoms with van der Waals surface area (Å²) in [6.07, 6.45) is 2.24. The van der Waals surface area contributed by atoms with Gasteiger partial charge in [0.05, 0.1) is 5.56 Å². The number of rotatable bonds is 4. The highest BCUT2D eigenvalue weighted by Gasteiger charge is 2.19. The summed E-state index contributed by atoms with van der Waals surface area (Å²) in [5, 5.41) is 7.51. The molecule has 1 saturated heterocycles. The second kappa shape index (κ2) is 6.07. The van der Waals surface area contributed by atoms with Gasteiger partial charge in [0.2, 0.25) is 0 Å². The molecule has 0 unspecified atom stereocenters. The molecule has 0 radical (unpaired) electrons. The lowest BCUT2D eigenvalue weighted by molar-refractivity contribution is 0.0699. The Morgan fingerprint density at radius 2 is 2.25 bits per heavy atom. The lowest BCUT2D eigenvalue weighted by Crippen LogP contribution is -2.22. The van der Waals surface area contributed by atoms with Crippen molar-refractivity contribution in [3.05, 3.63) is 11.1 Å². The van der Waals surface area contributed by atoms with Crippen molar-refractivity contribution in [2.24, 2.45) is 5.92 Å². The molecule has 20 heavy (non-hydrogen) atoms. The first kappa shape index (κ1) is 13.8. The highest BCUT2D eigenvalue weighted by atomic mass is 32.1. The van der Waals surface area contributed by atoms with Crippen LogP contribution >= 0.6 is 22.9 Å². The molecule has 2 aromatic heterocycles. The lowest BCUT2D eigenvalue weighted by atomic mass is 10.0. The summed E-state index contributed by atoms with van der Waals surface area (Å²) in [6.45, 7) is 4.68. The molecule has 0 spiro atoms. The van der Waals surface area contributed by atoms with Gasteiger partial charge in [0.25, 0.3) is 0 Å². The van der Waals surface area contributed by atoms with Gasteiger partial charge in [-0.2, -0.15) is 4.37 Å². The van der Waals surface area contributed by atoms with Gasteiger partial charge >= 0.3 is 0 Å². The molecule has 0 aliphatic carbocycles. The number of thiazole rings is 1. The van der Waals surface area contributed by atoms with E-state index in [1.54, 1.807) is 11.3 Å². The first-order chi connectivity index (χ1) is 9.74. The fraction of sp³-hybridized carbons (Fsp3) is 0.538. The van der Waals surface area contributed by atoms with E-state index in [1.807, 2.05) is 12.3 Å². The number of anilines is 2. The number of hydrogen-bond donors (Lipinski definition) is 2. The Kier molecular flexibility index (Phi) is 4.18. The SMILES string of the molecule is Cc1csc(-c2c(N)nsc2NCC2CCOCC2)n1. The zero-order chi connectivity index (χ0) is 13.9. The topological polar surface area (TPSA) is 73.1 Å². The molecule has 3 heterocycles. The third kappa shape index (κ3) is 2.94. The Morgan fingerprint density at radius 1 is 1.45 bits per heavy atom. The van der Waals surface area contributed by atoms with Crippen LogP contribution < -0.4 is 11.1 Å². The average Bonchev–Trinajstić information content (AvgIpc) is 3.03. The van der Waals surface area contributed by atoms with Gasteiger partial charge in [-0.05, 0) is 37.2 Å². The van der Waals surface area contributed by atoms with Crippen LogP contribution in [0.3, 0.4) is 0 Å². The van der Waals surface area contributed by atoms with Crippen LogP contribution in [0.4, 0.5) is 10.8 Å². The number of nitrogens with one attached hydrogen (secondary N) is 1. The van der Waals surface area contributed by atoms with Gasteiger partial charge in [0.15, 0.2) is 0 Å². The molecule has 0 amide bonds. The monoisotopic (exact) mass is 310 g/mol. The van der Waals surface area contributed by atoms with E-state index in [0.29, 0.717) is 11.7 Å². The maximum atomic E-state index is 6.00. The number of nitrogen functional groups attached to an aromatic ring is 1. The minimum absolute atomic E-state index is 0.568. The van der Waals surface area contributed by atoms with Crippen molar-refractivity contribution in [1.29, 1.82) is 0 Å². The van der Waals surface area contributed by atoms with Crippen molar-refractivity contribution in [2.75, 3.05) is 30.8 Å². The number of aryl methyl sites for hydroxylation is 1. The minimum Gasteiger partial charge on any atom is -0.382 e. The molecule has 0 aromatic carbocycles. The van der Waals surface area contributed by atoms with Crippen molar-refractivity contribution < 1.29 is 4.74 Å². The molecule has 2 aromatic rings. The quantitative estimate of drug-likeness (QED) is 0.908. The van der Waals surface area contributed by atoms with Crippen LogP contribution in [-0.2, 0) is 4.74 Å². The number of nitrogens with two attached hydrogens (primary N) is 1. The molecule has 0 atom stereocenters. The van der Waals surface area contributed by atoms with Crippen molar-refractivity contribution in [3.8, 4) is 10.6 Å². The molecule has 3 rings (SSSR count). The standard InChI is InChI=1S/C13H18N4OS2/c1-8-7-19-13(16-8)10-11(14)17-20-12(10)15-6-9-2-4-18-5-3-9/h7,9,15H,2-6H2,1H3,(H2,14,17). The predicted molar refractivity (Wildman–Crippen MR) is 84.4 cm³/mol. The van der Waals surface area contributed by atoms with E-state index in [1.165, 1.54) is 11.5 Å². The van der Waals surface area contributed by atoms with Gasteiger partial charge < -0.3 is 15.8 Å². The van der Waals surface area contributed by atoms with Gasteiger partial charge in [0.1, 0.15) is 15.8 Å². The molecular formula is C13H18N4OS2. The molecule has 1 aliphatic rings. The smallest absolute Gasteiger partial charge is 0.149 e. The van der Waals surface area contributed by atoms with E-state index in [2.05, 4.69) is 14.7 Å². The summed E-state index contributed by atoms with van der Waals surface area (Å²) in [5.41, 5.74) is 7.98. The summed E-state index contributed by atoms with van der Waals surface area (Å²) in [7, 11) is 0. The van der Waals surface area contributed by atoms with E-state index >= 15 is 0 Å². The molecule has 0 saturated carbocycles. The van der Waals surface area contributed by atoms with Gasteiger partial charge in [-0.25, -0.2) is 4.98 Å². The third-order valence-electron chi connectivity index (χ3n) is 3.44. The molecule has 108 valence electrons. The predicted octanol–water partition coefficient (Wildman–Crippen LogP) is 3.00. The Bertz CT molecular complexity index is 575. The van der Waals surface area contributed by atoms with Crippen LogP contribution in [0.2, 0.25) is 0 Å². The van der Waals surface area contributed by atoms with Crippen molar-refractivity contribution in [2.45, 2.75) is 19.8 Å². The van der Waals surface area contributed by atoms with Crippen molar-refractivity contribution in [1.82, 2.24) is 9.36 Å². The van der Waals surface area contributed by atoms with Crippen LogP contribution in [0.5, 0.6) is 0 Å². The second-order valence-corrected chi connectivity index (χ2v) is 6.63. The number of hydrogen-bond acceptors (Lipinski definition) is 7. The average molecular weight is 310 g/mol. The van der Waals surface area contributed by atoms with Gasteiger partial charge in [-0.3, -0.25) is 0 Å². The van der Waals surface area contributed by atoms with Crippen molar-refractivity contribution in [3.63, 3.8) is 0 Å². The second-order valence-electron chi connectivity index (χ2n) is 5.00. The Morgan fingerprint density at radius 3 is 2.95 bits per heavy atom. The molecular weight excluding hydrogens is 292 g/mol. The van der Waals surface area contributed by atoms with Crippen LogP contribution in [-0.4, -0.2) is 29.1 Å². The van der Waals surface area contributed by atoms with E-state index in [-0.39, 0.29) is 0 Å². The Balaban J connectivity index is 1.73. The van der Waals surface area contributed by atoms with Gasteiger partial charge in [-0.1, -0.05) is 0 Å². The molecule has 5 nitrogen and oxygen atoms in total. The zero-order valence-corrected chi connectivity index (χ0v) is 13.0. The van der Waals surface area contributed by atoms with Crippen LogP contribution in [0.25, 0.3) is 10.6 Å². The number of nitrogens with zero attached hydrogens (tertiary/aromatic N) is 2. The highest BCUT2D eigenvalue weighted by Crippen LogP contribution is 2.38. The Hall–Kier alpha value is -1.18. The minimum atomic E-state index is 0.568. The van der Waals surface area contributed by atoms with Crippen LogP contribution in [0.1, 0.15) is 18.5 Å². The zero-order valence-electron chi connectivity index (χ0n) is 11.4. The fourth-order valence-electron chi connectivity index (χ4n) is 2.29. The maximum Gasteiger partial charge on any atom is 0.149 e. The normalized spacial score (nSPS) is 16.4. The van der Waals surface area contributed by atoms with E-state index < -0.39 is 0 Å². The maximum absolute atomic E-state index is 6.00. The van der Waals surface area contributed by atoms with E-state index in [9.17, 15) is 0 Å². The number of aromatic nitrogens is 2. The van der Waals surface area contributed by atoms with E-state index in [0.717, 1.165) is 53.9 Å². The summed E-state index contributed by atoms with van der Waals surface area (Å²) in [5.74, 6) is 1.23. The van der Waals surface area contributed by atoms with Gasteiger partial charge in [0, 0.05) is 30.8 Å². The van der Waals surface area contributed by atoms with E-state index in [4.69, 9.17) is 10.5 Å². The Labute approximate surface area is 126 Å². The first-order valence-corrected chi connectivity index (χ1v) is 8.38. The molecule has 0 bridgehead atoms. The van der Waals surface area contributed by atoms with Crippen LogP contribution in [0.15, 0.2) is 5.38 Å². The largest absolute Gasteiger partial charge is 0.382 e. The van der Waals surface area contributed by atoms with Crippen molar-refractivity contribution >= 4 is 33.7 Å². The lowest BCUT2D eigenvalue weighted by Gasteiger charge is -2.22. The number of ether oxygens (including phenoxy) is 1. The summed E-state index contributed by atoms with van der Waals surface area (Å²) in [4.78, 5) is 4.51. The fourth-order valence-corrected chi connectivity index (χ4v) is 3.93.